The van der Waals surface area contributed by atoms with E-state index in [1.807, 2.05) is 0 Å². The minimum Gasteiger partial charge on any atom is -0.393 e. The van der Waals surface area contributed by atoms with Gasteiger partial charge in [-0.05, 0) is 13.3 Å². The van der Waals surface area contributed by atoms with Crippen LogP contribution in [0.5, 0.6) is 0 Å². The maximum atomic E-state index is 10.9. The number of hydrogen-bond donors (Lipinski definition) is 3. The van der Waals surface area contributed by atoms with E-state index in [9.17, 15) is 9.59 Å². The van der Waals surface area contributed by atoms with Crippen LogP contribution in [0.15, 0.2) is 0 Å². The Kier molecular flexibility index (Phi) is 6.07. The van der Waals surface area contributed by atoms with E-state index in [0.717, 1.165) is 0 Å². The highest BCUT2D eigenvalue weighted by atomic mass is 16.3. The largest absolute Gasteiger partial charge is 0.393 e. The van der Waals surface area contributed by atoms with Gasteiger partial charge in [-0.15, -0.1) is 0 Å². The van der Waals surface area contributed by atoms with Gasteiger partial charge in [0.2, 0.25) is 0 Å². The van der Waals surface area contributed by atoms with E-state index in [1.54, 1.807) is 13.0 Å². The monoisotopic (exact) mass is 199 g/mol. The molecule has 0 aromatic rings. The lowest BCUT2D eigenvalue weighted by molar-refractivity contribution is -0.139. The van der Waals surface area contributed by atoms with E-state index in [1.165, 1.54) is 0 Å². The summed E-state index contributed by atoms with van der Waals surface area (Å²) in [6.07, 6.45) is -0.130. The Morgan fingerprint density at radius 2 is 2.00 bits per heavy atom. The van der Waals surface area contributed by atoms with Crippen LogP contribution in [-0.2, 0) is 9.59 Å². The molecule has 1 atom stereocenters. The van der Waals surface area contributed by atoms with Crippen molar-refractivity contribution in [2.24, 2.45) is 0 Å². The van der Waals surface area contributed by atoms with Crippen molar-refractivity contribution in [1.29, 1.82) is 5.26 Å². The van der Waals surface area contributed by atoms with Crippen LogP contribution < -0.4 is 10.6 Å². The highest BCUT2D eigenvalue weighted by molar-refractivity contribution is 6.35. The number of nitrogens with one attached hydrogen (secondary N) is 2. The van der Waals surface area contributed by atoms with Crippen molar-refractivity contribution in [1.82, 2.24) is 10.6 Å². The molecule has 14 heavy (non-hydrogen) atoms. The molecule has 0 spiro atoms. The lowest BCUT2D eigenvalue weighted by Gasteiger charge is -2.05. The molecule has 0 aromatic carbocycles. The summed E-state index contributed by atoms with van der Waals surface area (Å²) in [5.41, 5.74) is 0. The van der Waals surface area contributed by atoms with Crippen molar-refractivity contribution < 1.29 is 14.7 Å². The molecule has 0 heterocycles. The molecule has 2 amide bonds. The Bertz CT molecular complexity index is 245. The molecular formula is C8H13N3O3. The first-order valence-electron chi connectivity index (χ1n) is 4.19. The highest BCUT2D eigenvalue weighted by Gasteiger charge is 2.11. The number of aliphatic hydroxyl groups is 1. The predicted molar refractivity (Wildman–Crippen MR) is 47.9 cm³/mol. The Balaban J connectivity index is 3.64. The number of carbonyl (C=O) groups excluding carboxylic acids is 2. The molecule has 1 unspecified atom stereocenters. The molecule has 0 aliphatic rings. The molecule has 0 aliphatic heterocycles. The van der Waals surface area contributed by atoms with E-state index in [4.69, 9.17) is 10.4 Å². The van der Waals surface area contributed by atoms with Gasteiger partial charge in [0.05, 0.1) is 12.2 Å². The molecule has 0 aromatic heterocycles. The van der Waals surface area contributed by atoms with Crippen molar-refractivity contribution in [3.63, 3.8) is 0 Å². The molecule has 78 valence electrons. The summed E-state index contributed by atoms with van der Waals surface area (Å²) in [6.45, 7) is 1.63. The quantitative estimate of drug-likeness (QED) is 0.379. The summed E-state index contributed by atoms with van der Waals surface area (Å²) in [5, 5.41) is 21.4. The average molecular weight is 199 g/mol. The summed E-state index contributed by atoms with van der Waals surface area (Å²) >= 11 is 0. The van der Waals surface area contributed by atoms with Gasteiger partial charge in [0.1, 0.15) is 6.54 Å². The fourth-order valence-corrected chi connectivity index (χ4v) is 0.675. The van der Waals surface area contributed by atoms with Crippen molar-refractivity contribution >= 4 is 11.8 Å². The maximum absolute atomic E-state index is 10.9. The topological polar surface area (TPSA) is 102 Å². The molecule has 6 heteroatoms. The van der Waals surface area contributed by atoms with Crippen molar-refractivity contribution in [2.45, 2.75) is 19.4 Å². The van der Waals surface area contributed by atoms with Crippen LogP contribution >= 0.6 is 0 Å². The zero-order chi connectivity index (χ0) is 11.0. The van der Waals surface area contributed by atoms with E-state index in [0.29, 0.717) is 6.42 Å². The zero-order valence-electron chi connectivity index (χ0n) is 7.91. The molecule has 0 saturated carbocycles. The van der Waals surface area contributed by atoms with Gasteiger partial charge < -0.3 is 15.7 Å². The van der Waals surface area contributed by atoms with E-state index >= 15 is 0 Å². The van der Waals surface area contributed by atoms with Crippen LogP contribution in [0.25, 0.3) is 0 Å². The number of nitriles is 1. The Morgan fingerprint density at radius 3 is 2.50 bits per heavy atom. The number of rotatable bonds is 4. The summed E-state index contributed by atoms with van der Waals surface area (Å²) in [6, 6.07) is 1.68. The summed E-state index contributed by atoms with van der Waals surface area (Å²) in [4.78, 5) is 21.8. The third-order valence-corrected chi connectivity index (χ3v) is 1.38. The second-order valence-corrected chi connectivity index (χ2v) is 2.73. The standard InChI is InChI=1S/C8H13N3O3/c1-6(12)2-4-10-7(13)8(14)11-5-3-9/h6,12H,2,4-5H2,1H3,(H,10,13)(H,11,14). The Labute approximate surface area is 81.9 Å². The van der Waals surface area contributed by atoms with Gasteiger partial charge in [0.25, 0.3) is 0 Å². The van der Waals surface area contributed by atoms with Crippen molar-refractivity contribution in [3.8, 4) is 6.07 Å². The molecule has 0 saturated heterocycles. The number of amides is 2. The molecule has 0 fully saturated rings. The number of aliphatic hydroxyl groups excluding tert-OH is 1. The predicted octanol–water partition coefficient (Wildman–Crippen LogP) is -1.49. The Morgan fingerprint density at radius 1 is 1.43 bits per heavy atom. The van der Waals surface area contributed by atoms with Crippen LogP contribution in [0.2, 0.25) is 0 Å². The minimum atomic E-state index is -0.836. The highest BCUT2D eigenvalue weighted by Crippen LogP contribution is 1.85. The number of carbonyl (C=O) groups is 2. The normalized spacial score (nSPS) is 11.2. The number of hydrogen-bond acceptors (Lipinski definition) is 4. The van der Waals surface area contributed by atoms with Crippen molar-refractivity contribution in [2.75, 3.05) is 13.1 Å². The van der Waals surface area contributed by atoms with Gasteiger partial charge in [-0.3, -0.25) is 9.59 Å². The van der Waals surface area contributed by atoms with Gasteiger partial charge in [-0.1, -0.05) is 0 Å². The SMILES string of the molecule is CC(O)CCNC(=O)C(=O)NCC#N. The molecule has 0 aliphatic carbocycles. The van der Waals surface area contributed by atoms with Crippen LogP contribution in [0.3, 0.4) is 0 Å². The maximum Gasteiger partial charge on any atom is 0.310 e. The van der Waals surface area contributed by atoms with Crippen LogP contribution in [0, 0.1) is 11.3 Å². The molecule has 3 N–H and O–H groups in total. The molecule has 6 nitrogen and oxygen atoms in total. The van der Waals surface area contributed by atoms with Gasteiger partial charge in [-0.2, -0.15) is 5.26 Å². The third kappa shape index (κ3) is 5.97. The van der Waals surface area contributed by atoms with E-state index in [2.05, 4.69) is 10.6 Å². The van der Waals surface area contributed by atoms with Crippen LogP contribution in [0.1, 0.15) is 13.3 Å². The summed E-state index contributed by atoms with van der Waals surface area (Å²) in [7, 11) is 0. The first-order valence-corrected chi connectivity index (χ1v) is 4.19. The van der Waals surface area contributed by atoms with Gasteiger partial charge in [0.15, 0.2) is 0 Å². The molecule has 0 radical (unpaired) electrons. The first kappa shape index (κ1) is 12.4. The molecule has 0 bridgehead atoms. The van der Waals surface area contributed by atoms with E-state index in [-0.39, 0.29) is 13.1 Å². The fraction of sp³-hybridized carbons (Fsp3) is 0.625. The second kappa shape index (κ2) is 6.86. The van der Waals surface area contributed by atoms with E-state index < -0.39 is 17.9 Å². The first-order chi connectivity index (χ1) is 6.57. The van der Waals surface area contributed by atoms with Crippen LogP contribution in [0.4, 0.5) is 0 Å². The summed E-state index contributed by atoms with van der Waals surface area (Å²) < 4.78 is 0. The van der Waals surface area contributed by atoms with Gasteiger partial charge >= 0.3 is 11.8 Å². The Hall–Kier alpha value is -1.61. The molecular weight excluding hydrogens is 186 g/mol. The van der Waals surface area contributed by atoms with Crippen LogP contribution in [-0.4, -0.2) is 36.1 Å². The molecule has 0 rings (SSSR count). The lowest BCUT2D eigenvalue weighted by Crippen LogP contribution is -2.40. The fourth-order valence-electron chi connectivity index (χ4n) is 0.675. The second-order valence-electron chi connectivity index (χ2n) is 2.73. The average Bonchev–Trinajstić information content (AvgIpc) is 2.13. The lowest BCUT2D eigenvalue weighted by atomic mass is 10.3. The smallest absolute Gasteiger partial charge is 0.310 e. The van der Waals surface area contributed by atoms with Gasteiger partial charge in [0, 0.05) is 6.54 Å². The minimum absolute atomic E-state index is 0.192. The zero-order valence-corrected chi connectivity index (χ0v) is 7.91. The van der Waals surface area contributed by atoms with Crippen molar-refractivity contribution in [3.05, 3.63) is 0 Å². The summed E-state index contributed by atoms with van der Waals surface area (Å²) in [5.74, 6) is -1.63. The number of nitrogens with zero attached hydrogens (tertiary/aromatic N) is 1. The third-order valence-electron chi connectivity index (χ3n) is 1.38. The van der Waals surface area contributed by atoms with Gasteiger partial charge in [-0.25, -0.2) is 0 Å².